The largest absolute Gasteiger partial charge is 0.353 e. The molecular weight excluding hydrogens is 410 g/mol. The summed E-state index contributed by atoms with van der Waals surface area (Å²) in [5.74, 6) is 0. The maximum Gasteiger partial charge on any atom is 0.0702 e. The number of hydrogen-bond donors (Lipinski definition) is 2. The normalized spacial score (nSPS) is 11.5. The molecule has 0 spiro atoms. The summed E-state index contributed by atoms with van der Waals surface area (Å²) >= 11 is 10.1. The van der Waals surface area contributed by atoms with E-state index in [4.69, 9.17) is 17.3 Å². The van der Waals surface area contributed by atoms with E-state index in [1.807, 2.05) is 30.5 Å². The number of nitrogens with one attached hydrogen (secondary N) is 1. The summed E-state index contributed by atoms with van der Waals surface area (Å²) < 4.78 is 0.984. The zero-order valence-corrected chi connectivity index (χ0v) is 16.6. The molecule has 2 aromatic heterocycles. The Labute approximate surface area is 165 Å². The van der Waals surface area contributed by atoms with Gasteiger partial charge in [0.1, 0.15) is 0 Å². The van der Waals surface area contributed by atoms with Gasteiger partial charge in [0, 0.05) is 27.0 Å². The van der Waals surface area contributed by atoms with Crippen molar-refractivity contribution in [2.45, 2.75) is 19.3 Å². The fraction of sp³-hybridized carbons (Fsp3) is 0.190. The van der Waals surface area contributed by atoms with Crippen LogP contribution in [0.5, 0.6) is 0 Å². The number of H-pyrrole nitrogens is 1. The summed E-state index contributed by atoms with van der Waals surface area (Å²) in [5, 5.41) is 3.00. The molecule has 0 radical (unpaired) electrons. The molecule has 3 nitrogen and oxygen atoms in total. The predicted molar refractivity (Wildman–Crippen MR) is 114 cm³/mol. The van der Waals surface area contributed by atoms with Crippen molar-refractivity contribution in [3.63, 3.8) is 0 Å². The van der Waals surface area contributed by atoms with Crippen molar-refractivity contribution in [3.05, 3.63) is 63.7 Å². The van der Waals surface area contributed by atoms with Crippen molar-refractivity contribution in [3.8, 4) is 11.3 Å². The maximum atomic E-state index is 6.49. The molecule has 4 aromatic rings. The lowest BCUT2D eigenvalue weighted by molar-refractivity contribution is 0.748. The Hall–Kier alpha value is -1.88. The highest BCUT2D eigenvalue weighted by atomic mass is 79.9. The Kier molecular flexibility index (Phi) is 4.98. The summed E-state index contributed by atoms with van der Waals surface area (Å²) in [7, 11) is 0. The average Bonchev–Trinajstić information content (AvgIpc) is 3.00. The van der Waals surface area contributed by atoms with Crippen LogP contribution in [0.15, 0.2) is 53.1 Å². The number of fused-ring (bicyclic) bond motifs is 2. The van der Waals surface area contributed by atoms with E-state index in [1.165, 1.54) is 5.56 Å². The van der Waals surface area contributed by atoms with E-state index in [0.717, 1.165) is 61.8 Å². The van der Waals surface area contributed by atoms with Crippen molar-refractivity contribution in [2.75, 3.05) is 6.54 Å². The minimum atomic E-state index is 0.708. The smallest absolute Gasteiger partial charge is 0.0702 e. The van der Waals surface area contributed by atoms with E-state index in [9.17, 15) is 0 Å². The fourth-order valence-electron chi connectivity index (χ4n) is 3.43. The van der Waals surface area contributed by atoms with Gasteiger partial charge in [-0.05, 0) is 55.6 Å². The predicted octanol–water partition coefficient (Wildman–Crippen LogP) is 6.08. The van der Waals surface area contributed by atoms with E-state index >= 15 is 0 Å². The molecule has 0 fully saturated rings. The molecule has 0 unspecified atom stereocenters. The van der Waals surface area contributed by atoms with Crippen LogP contribution in [0.4, 0.5) is 0 Å². The first-order valence-corrected chi connectivity index (χ1v) is 9.89. The summed E-state index contributed by atoms with van der Waals surface area (Å²) in [6.07, 6.45) is 4.93. The van der Waals surface area contributed by atoms with E-state index < -0.39 is 0 Å². The Morgan fingerprint density at radius 1 is 1.12 bits per heavy atom. The molecule has 0 amide bonds. The van der Waals surface area contributed by atoms with Crippen LogP contribution in [0, 0.1) is 0 Å². The van der Waals surface area contributed by atoms with Gasteiger partial charge in [0.15, 0.2) is 0 Å². The van der Waals surface area contributed by atoms with Gasteiger partial charge in [0.25, 0.3) is 0 Å². The Balaban J connectivity index is 1.91. The number of pyridine rings is 1. The van der Waals surface area contributed by atoms with Crippen LogP contribution in [0.25, 0.3) is 33.1 Å². The number of aryl methyl sites for hydroxylation is 1. The number of unbranched alkanes of at least 4 members (excludes halogenated alkanes) is 1. The summed E-state index contributed by atoms with van der Waals surface area (Å²) in [4.78, 5) is 8.17. The second-order valence-electron chi connectivity index (χ2n) is 6.45. The van der Waals surface area contributed by atoms with Crippen molar-refractivity contribution in [1.29, 1.82) is 0 Å². The third-order valence-corrected chi connectivity index (χ3v) is 5.45. The standard InChI is InChI=1S/C21H19BrClN3/c22-15-10-17-16(6-3-4-8-24)20(26-21(17)18(23)11-15)14-9-13-5-1-2-7-19(13)25-12-14/h1-2,5,7,9-12,26H,3-4,6,8,24H2. The van der Waals surface area contributed by atoms with Crippen molar-refractivity contribution in [2.24, 2.45) is 5.73 Å². The molecule has 0 aliphatic carbocycles. The summed E-state index contributed by atoms with van der Waals surface area (Å²) in [6.45, 7) is 0.708. The minimum absolute atomic E-state index is 0.708. The first-order chi connectivity index (χ1) is 12.7. The molecule has 132 valence electrons. The Bertz CT molecular complexity index is 1090. The molecule has 0 bridgehead atoms. The number of nitrogens with two attached hydrogens (primary N) is 1. The topological polar surface area (TPSA) is 54.7 Å². The zero-order valence-electron chi connectivity index (χ0n) is 14.2. The van der Waals surface area contributed by atoms with Crippen LogP contribution in [0.3, 0.4) is 0 Å². The number of para-hydroxylation sites is 1. The lowest BCUT2D eigenvalue weighted by atomic mass is 10.0. The average molecular weight is 429 g/mol. The number of aromatic amines is 1. The van der Waals surface area contributed by atoms with Crippen LogP contribution in [0.2, 0.25) is 5.02 Å². The number of hydrogen-bond acceptors (Lipinski definition) is 2. The van der Waals surface area contributed by atoms with Crippen LogP contribution in [-0.2, 0) is 6.42 Å². The SMILES string of the molecule is NCCCCc1c(-c2cnc3ccccc3c2)[nH]c2c(Cl)cc(Br)cc12. The van der Waals surface area contributed by atoms with Crippen molar-refractivity contribution >= 4 is 49.3 Å². The van der Waals surface area contributed by atoms with E-state index in [1.54, 1.807) is 0 Å². The molecular formula is C21H19BrClN3. The number of nitrogens with zero attached hydrogens (tertiary/aromatic N) is 1. The molecule has 4 rings (SSSR count). The molecule has 5 heteroatoms. The first-order valence-electron chi connectivity index (χ1n) is 8.72. The van der Waals surface area contributed by atoms with Crippen molar-refractivity contribution < 1.29 is 0 Å². The third-order valence-electron chi connectivity index (χ3n) is 4.69. The molecule has 2 aromatic carbocycles. The second kappa shape index (κ2) is 7.39. The van der Waals surface area contributed by atoms with Crippen LogP contribution >= 0.6 is 27.5 Å². The van der Waals surface area contributed by atoms with Crippen LogP contribution < -0.4 is 5.73 Å². The van der Waals surface area contributed by atoms with Crippen molar-refractivity contribution in [1.82, 2.24) is 9.97 Å². The lowest BCUT2D eigenvalue weighted by Gasteiger charge is -2.06. The zero-order chi connectivity index (χ0) is 18.1. The van der Waals surface area contributed by atoms with E-state index in [2.05, 4.69) is 44.1 Å². The molecule has 0 atom stereocenters. The number of halogens is 2. The first kappa shape index (κ1) is 17.5. The number of benzene rings is 2. The van der Waals surface area contributed by atoms with Gasteiger partial charge in [0.05, 0.1) is 21.7 Å². The van der Waals surface area contributed by atoms with Gasteiger partial charge in [-0.2, -0.15) is 0 Å². The maximum absolute atomic E-state index is 6.49. The van der Waals surface area contributed by atoms with Crippen LogP contribution in [-0.4, -0.2) is 16.5 Å². The van der Waals surface area contributed by atoms with Gasteiger partial charge in [-0.3, -0.25) is 4.98 Å². The second-order valence-corrected chi connectivity index (χ2v) is 7.77. The molecule has 0 saturated heterocycles. The van der Waals surface area contributed by atoms with Gasteiger partial charge >= 0.3 is 0 Å². The highest BCUT2D eigenvalue weighted by Crippen LogP contribution is 2.37. The minimum Gasteiger partial charge on any atom is -0.353 e. The third kappa shape index (κ3) is 3.25. The quantitative estimate of drug-likeness (QED) is 0.378. The fourth-order valence-corrected chi connectivity index (χ4v) is 4.29. The Morgan fingerprint density at radius 3 is 2.81 bits per heavy atom. The van der Waals surface area contributed by atoms with Gasteiger partial charge in [-0.25, -0.2) is 0 Å². The number of aromatic nitrogens is 2. The molecule has 0 aliphatic heterocycles. The van der Waals surface area contributed by atoms with E-state index in [-0.39, 0.29) is 0 Å². The molecule has 0 saturated carbocycles. The molecule has 26 heavy (non-hydrogen) atoms. The monoisotopic (exact) mass is 427 g/mol. The molecule has 3 N–H and O–H groups in total. The van der Waals surface area contributed by atoms with Crippen LogP contribution in [0.1, 0.15) is 18.4 Å². The highest BCUT2D eigenvalue weighted by molar-refractivity contribution is 9.10. The molecule has 2 heterocycles. The van der Waals surface area contributed by atoms with E-state index in [0.29, 0.717) is 6.54 Å². The van der Waals surface area contributed by atoms with Gasteiger partial charge in [-0.1, -0.05) is 45.7 Å². The summed E-state index contributed by atoms with van der Waals surface area (Å²) in [6, 6.07) is 14.4. The lowest BCUT2D eigenvalue weighted by Crippen LogP contribution is -1.99. The van der Waals surface area contributed by atoms with Gasteiger partial charge < -0.3 is 10.7 Å². The summed E-state index contributed by atoms with van der Waals surface area (Å²) in [5.41, 5.74) is 11.1. The molecule has 0 aliphatic rings. The van der Waals surface area contributed by atoms with Gasteiger partial charge in [-0.15, -0.1) is 0 Å². The highest BCUT2D eigenvalue weighted by Gasteiger charge is 2.16. The number of rotatable bonds is 5. The Morgan fingerprint density at radius 2 is 1.96 bits per heavy atom. The van der Waals surface area contributed by atoms with Gasteiger partial charge in [0.2, 0.25) is 0 Å².